The van der Waals surface area contributed by atoms with E-state index in [9.17, 15) is 9.59 Å². The van der Waals surface area contributed by atoms with Crippen molar-refractivity contribution in [2.24, 2.45) is 0 Å². The van der Waals surface area contributed by atoms with Crippen LogP contribution in [0.25, 0.3) is 10.9 Å². The summed E-state index contributed by atoms with van der Waals surface area (Å²) >= 11 is 0. The molecule has 28 heavy (non-hydrogen) atoms. The number of ether oxygens (including phenoxy) is 1. The van der Waals surface area contributed by atoms with Crippen molar-refractivity contribution in [1.29, 1.82) is 0 Å². The highest BCUT2D eigenvalue weighted by Crippen LogP contribution is 2.23. The molecule has 0 spiro atoms. The number of anilines is 1. The number of fused-ring (bicyclic) bond motifs is 1. The van der Waals surface area contributed by atoms with Crippen LogP contribution >= 0.6 is 0 Å². The molecule has 2 aromatic rings. The summed E-state index contributed by atoms with van der Waals surface area (Å²) in [4.78, 5) is 31.8. The zero-order valence-electron chi connectivity index (χ0n) is 16.4. The third-order valence-corrected chi connectivity index (χ3v) is 4.61. The Morgan fingerprint density at radius 2 is 1.82 bits per heavy atom. The highest BCUT2D eigenvalue weighted by atomic mass is 16.6. The standard InChI is InChI=1S/C20H26N4O4/c1-20(2,3)28-19(27)23-15-8-6-14(7-9-15)22-18-21-11-13-5-4-12(17(25)26)10-16(13)24-18/h4-5,10-11,14-15H,6-9H2,1-3H3,(H,23,27)(H,25,26)(H,21,22,24). The summed E-state index contributed by atoms with van der Waals surface area (Å²) in [5.41, 5.74) is 0.292. The fourth-order valence-corrected chi connectivity index (χ4v) is 3.26. The number of benzene rings is 1. The van der Waals surface area contributed by atoms with Crippen molar-refractivity contribution >= 4 is 28.9 Å². The van der Waals surface area contributed by atoms with Crippen LogP contribution < -0.4 is 10.6 Å². The lowest BCUT2D eigenvalue weighted by atomic mass is 9.91. The highest BCUT2D eigenvalue weighted by Gasteiger charge is 2.25. The minimum Gasteiger partial charge on any atom is -0.478 e. The molecule has 1 aliphatic carbocycles. The van der Waals surface area contributed by atoms with Gasteiger partial charge >= 0.3 is 12.1 Å². The number of carboxylic acid groups (broad SMARTS) is 1. The van der Waals surface area contributed by atoms with Crippen molar-refractivity contribution in [2.45, 2.75) is 64.1 Å². The largest absolute Gasteiger partial charge is 0.478 e. The third kappa shape index (κ3) is 5.31. The molecule has 1 aromatic carbocycles. The zero-order valence-corrected chi connectivity index (χ0v) is 16.4. The maximum Gasteiger partial charge on any atom is 0.407 e. The average molecular weight is 386 g/mol. The molecule has 1 aromatic heterocycles. The first-order valence-corrected chi connectivity index (χ1v) is 9.46. The third-order valence-electron chi connectivity index (χ3n) is 4.61. The van der Waals surface area contributed by atoms with Crippen LogP contribution in [0.4, 0.5) is 10.7 Å². The predicted octanol–water partition coefficient (Wildman–Crippen LogP) is 3.58. The number of carbonyl (C=O) groups excluding carboxylic acids is 1. The monoisotopic (exact) mass is 386 g/mol. The van der Waals surface area contributed by atoms with E-state index in [2.05, 4.69) is 20.6 Å². The average Bonchev–Trinajstić information content (AvgIpc) is 2.61. The van der Waals surface area contributed by atoms with Gasteiger partial charge in [-0.25, -0.2) is 19.6 Å². The Kier molecular flexibility index (Phi) is 5.67. The number of hydrogen-bond donors (Lipinski definition) is 3. The lowest BCUT2D eigenvalue weighted by Crippen LogP contribution is -2.42. The molecule has 0 radical (unpaired) electrons. The Bertz CT molecular complexity index is 870. The number of nitrogens with one attached hydrogen (secondary N) is 2. The second-order valence-corrected chi connectivity index (χ2v) is 8.11. The predicted molar refractivity (Wildman–Crippen MR) is 106 cm³/mol. The van der Waals surface area contributed by atoms with Gasteiger partial charge in [-0.05, 0) is 58.6 Å². The molecule has 0 saturated heterocycles. The summed E-state index contributed by atoms with van der Waals surface area (Å²) in [7, 11) is 0. The Labute approximate surface area is 163 Å². The number of carboxylic acids is 1. The van der Waals surface area contributed by atoms with Crippen LogP contribution in [-0.4, -0.2) is 44.8 Å². The van der Waals surface area contributed by atoms with Gasteiger partial charge < -0.3 is 20.5 Å². The molecule has 1 amide bonds. The summed E-state index contributed by atoms with van der Waals surface area (Å²) in [6.07, 6.45) is 4.73. The molecular formula is C20H26N4O4. The van der Waals surface area contributed by atoms with Crippen molar-refractivity contribution in [3.05, 3.63) is 30.0 Å². The summed E-state index contributed by atoms with van der Waals surface area (Å²) < 4.78 is 5.30. The van der Waals surface area contributed by atoms with Crippen molar-refractivity contribution in [3.63, 3.8) is 0 Å². The molecule has 8 heteroatoms. The van der Waals surface area contributed by atoms with Gasteiger partial charge in [0.05, 0.1) is 11.1 Å². The molecular weight excluding hydrogens is 360 g/mol. The summed E-state index contributed by atoms with van der Waals surface area (Å²) in [5, 5.41) is 16.2. The zero-order chi connectivity index (χ0) is 20.3. The van der Waals surface area contributed by atoms with Crippen LogP contribution in [0.3, 0.4) is 0 Å². The number of amides is 1. The SMILES string of the molecule is CC(C)(C)OC(=O)NC1CCC(Nc2ncc3ccc(C(=O)O)cc3n2)CC1. The van der Waals surface area contributed by atoms with Gasteiger partial charge in [0.1, 0.15) is 5.60 Å². The Balaban J connectivity index is 1.55. The van der Waals surface area contributed by atoms with E-state index in [1.807, 2.05) is 20.8 Å². The first-order chi connectivity index (χ1) is 13.2. The van der Waals surface area contributed by atoms with E-state index < -0.39 is 11.6 Å². The quantitative estimate of drug-likeness (QED) is 0.736. The van der Waals surface area contributed by atoms with Crippen molar-refractivity contribution in [1.82, 2.24) is 15.3 Å². The van der Waals surface area contributed by atoms with Crippen molar-refractivity contribution in [3.8, 4) is 0 Å². The van der Waals surface area contributed by atoms with Gasteiger partial charge in [0.2, 0.25) is 5.95 Å². The number of alkyl carbamates (subject to hydrolysis) is 1. The van der Waals surface area contributed by atoms with E-state index in [1.165, 1.54) is 0 Å². The van der Waals surface area contributed by atoms with Crippen LogP contribution in [-0.2, 0) is 4.74 Å². The van der Waals surface area contributed by atoms with Gasteiger partial charge in [-0.2, -0.15) is 0 Å². The smallest absolute Gasteiger partial charge is 0.407 e. The van der Waals surface area contributed by atoms with Crippen molar-refractivity contribution < 1.29 is 19.4 Å². The van der Waals surface area contributed by atoms with E-state index in [4.69, 9.17) is 9.84 Å². The van der Waals surface area contributed by atoms with Gasteiger partial charge in [-0.1, -0.05) is 6.07 Å². The normalized spacial score (nSPS) is 19.8. The van der Waals surface area contributed by atoms with Gasteiger partial charge in [0.15, 0.2) is 0 Å². The maximum absolute atomic E-state index is 11.9. The van der Waals surface area contributed by atoms with Gasteiger partial charge in [0.25, 0.3) is 0 Å². The molecule has 1 fully saturated rings. The highest BCUT2D eigenvalue weighted by molar-refractivity contribution is 5.93. The van der Waals surface area contributed by atoms with Crippen LogP contribution in [0.1, 0.15) is 56.8 Å². The Morgan fingerprint density at radius 1 is 1.14 bits per heavy atom. The number of rotatable bonds is 4. The van der Waals surface area contributed by atoms with E-state index in [0.29, 0.717) is 11.5 Å². The molecule has 0 aliphatic heterocycles. The number of carbonyl (C=O) groups is 2. The molecule has 1 aliphatic rings. The van der Waals surface area contributed by atoms with Crippen LogP contribution in [0.15, 0.2) is 24.4 Å². The van der Waals surface area contributed by atoms with E-state index in [-0.39, 0.29) is 23.7 Å². The summed E-state index contributed by atoms with van der Waals surface area (Å²) in [6.45, 7) is 5.53. The second-order valence-electron chi connectivity index (χ2n) is 8.11. The van der Waals surface area contributed by atoms with Gasteiger partial charge in [0, 0.05) is 23.7 Å². The number of aromatic nitrogens is 2. The number of hydrogen-bond acceptors (Lipinski definition) is 6. The maximum atomic E-state index is 11.9. The molecule has 8 nitrogen and oxygen atoms in total. The minimum absolute atomic E-state index is 0.101. The van der Waals surface area contributed by atoms with Gasteiger partial charge in [-0.15, -0.1) is 0 Å². The lowest BCUT2D eigenvalue weighted by Gasteiger charge is -2.30. The Morgan fingerprint density at radius 3 is 2.46 bits per heavy atom. The molecule has 0 unspecified atom stereocenters. The first kappa shape index (κ1) is 19.9. The fraction of sp³-hybridized carbons (Fsp3) is 0.500. The number of aromatic carboxylic acids is 1. The molecule has 150 valence electrons. The number of nitrogens with zero attached hydrogens (tertiary/aromatic N) is 2. The topological polar surface area (TPSA) is 113 Å². The Hall–Kier alpha value is -2.90. The van der Waals surface area contributed by atoms with Crippen molar-refractivity contribution in [2.75, 3.05) is 5.32 Å². The molecule has 3 N–H and O–H groups in total. The van der Waals surface area contributed by atoms with Crippen LogP contribution in [0.5, 0.6) is 0 Å². The molecule has 0 atom stereocenters. The molecule has 1 heterocycles. The first-order valence-electron chi connectivity index (χ1n) is 9.46. The van der Waals surface area contributed by atoms with E-state index >= 15 is 0 Å². The molecule has 1 saturated carbocycles. The minimum atomic E-state index is -0.981. The van der Waals surface area contributed by atoms with E-state index in [1.54, 1.807) is 24.4 Å². The molecule has 0 bridgehead atoms. The van der Waals surface area contributed by atoms with Crippen LogP contribution in [0, 0.1) is 0 Å². The lowest BCUT2D eigenvalue weighted by molar-refractivity contribution is 0.0491. The molecule has 3 rings (SSSR count). The summed E-state index contributed by atoms with van der Waals surface area (Å²) in [6, 6.07) is 5.10. The summed E-state index contributed by atoms with van der Waals surface area (Å²) in [5.74, 6) is -0.496. The van der Waals surface area contributed by atoms with Crippen LogP contribution in [0.2, 0.25) is 0 Å². The van der Waals surface area contributed by atoms with Gasteiger partial charge in [-0.3, -0.25) is 0 Å². The fourth-order valence-electron chi connectivity index (χ4n) is 3.26. The van der Waals surface area contributed by atoms with E-state index in [0.717, 1.165) is 31.1 Å². The second kappa shape index (κ2) is 8.00.